The molecule has 180 valence electrons. The van der Waals surface area contributed by atoms with E-state index in [4.69, 9.17) is 20.3 Å². The maximum atomic E-state index is 12.5. The third-order valence-corrected chi connectivity index (χ3v) is 4.04. The largest absolute Gasteiger partial charge is 0.480 e. The highest BCUT2D eigenvalue weighted by Crippen LogP contribution is 2.22. The van der Waals surface area contributed by atoms with Gasteiger partial charge in [-0.3, -0.25) is 10.2 Å². The quantitative estimate of drug-likeness (QED) is 0.164. The first-order valence-corrected chi connectivity index (χ1v) is 10.3. The second-order valence-electron chi connectivity index (χ2n) is 8.75. The Kier molecular flexibility index (Phi) is 9.95. The van der Waals surface area contributed by atoms with Crippen molar-refractivity contribution < 1.29 is 28.6 Å². The number of hydrogen-bond donors (Lipinski definition) is 6. The molecule has 1 aromatic heterocycles. The number of carbonyl (C=O) groups is 3. The Bertz CT molecular complexity index is 801. The molecule has 0 saturated heterocycles. The van der Waals surface area contributed by atoms with Crippen molar-refractivity contribution >= 4 is 23.9 Å². The summed E-state index contributed by atoms with van der Waals surface area (Å²) in [6.45, 7) is 9.44. The standard InChI is InChI=1S/C20H34N6O6/c1-11(2)9-13(26-19(30)32-20(3,4)5)16-25-14(10-31-16)15(27)24-12(17(28)29)7-6-8-23-18(21)22/h10-13H,6-9H2,1-5H3,(H,24,27)(H,26,30)(H,28,29)(H4,21,22,23). The van der Waals surface area contributed by atoms with Gasteiger partial charge < -0.3 is 35.9 Å². The summed E-state index contributed by atoms with van der Waals surface area (Å²) >= 11 is 0. The van der Waals surface area contributed by atoms with Crippen LogP contribution in [0.5, 0.6) is 0 Å². The fraction of sp³-hybridized carbons (Fsp3) is 0.650. The molecule has 0 fully saturated rings. The van der Waals surface area contributed by atoms with E-state index in [0.717, 1.165) is 6.26 Å². The maximum absolute atomic E-state index is 12.5. The predicted octanol–water partition coefficient (Wildman–Crippen LogP) is 1.73. The number of hydrogen-bond acceptors (Lipinski definition) is 7. The van der Waals surface area contributed by atoms with Gasteiger partial charge in [0.15, 0.2) is 11.7 Å². The van der Waals surface area contributed by atoms with Crippen molar-refractivity contribution in [3.05, 3.63) is 17.8 Å². The van der Waals surface area contributed by atoms with Gasteiger partial charge in [0.05, 0.1) is 0 Å². The smallest absolute Gasteiger partial charge is 0.408 e. The van der Waals surface area contributed by atoms with Crippen LogP contribution in [0.25, 0.3) is 0 Å². The number of nitrogens with one attached hydrogen (secondary N) is 4. The lowest BCUT2D eigenvalue weighted by molar-refractivity contribution is -0.139. The summed E-state index contributed by atoms with van der Waals surface area (Å²) in [5.41, 5.74) is 4.39. The van der Waals surface area contributed by atoms with Gasteiger partial charge in [0, 0.05) is 6.54 Å². The molecule has 0 saturated carbocycles. The number of rotatable bonds is 11. The summed E-state index contributed by atoms with van der Waals surface area (Å²) in [7, 11) is 0. The minimum Gasteiger partial charge on any atom is -0.480 e. The number of alkyl carbamates (subject to hydrolysis) is 1. The van der Waals surface area contributed by atoms with E-state index >= 15 is 0 Å². The van der Waals surface area contributed by atoms with Gasteiger partial charge in [0.25, 0.3) is 5.91 Å². The van der Waals surface area contributed by atoms with E-state index in [1.54, 1.807) is 20.8 Å². The van der Waals surface area contributed by atoms with E-state index in [1.165, 1.54) is 0 Å². The molecule has 0 aliphatic rings. The average Bonchev–Trinajstić information content (AvgIpc) is 3.11. The van der Waals surface area contributed by atoms with E-state index in [-0.39, 0.29) is 29.9 Å². The van der Waals surface area contributed by atoms with Crippen molar-refractivity contribution in [2.24, 2.45) is 11.7 Å². The van der Waals surface area contributed by atoms with E-state index in [1.807, 2.05) is 13.8 Å². The first-order valence-electron chi connectivity index (χ1n) is 10.3. The van der Waals surface area contributed by atoms with Crippen molar-refractivity contribution in [1.82, 2.24) is 20.9 Å². The van der Waals surface area contributed by atoms with Gasteiger partial charge in [0.2, 0.25) is 5.89 Å². The van der Waals surface area contributed by atoms with E-state index in [2.05, 4.69) is 20.9 Å². The number of carbonyl (C=O) groups excluding carboxylic acids is 2. The Balaban J connectivity index is 2.83. The number of carboxylic acids is 1. The zero-order valence-corrected chi connectivity index (χ0v) is 19.2. The molecule has 7 N–H and O–H groups in total. The fourth-order valence-corrected chi connectivity index (χ4v) is 2.71. The minimum atomic E-state index is -1.20. The fourth-order valence-electron chi connectivity index (χ4n) is 2.71. The molecule has 2 unspecified atom stereocenters. The van der Waals surface area contributed by atoms with Crippen LogP contribution in [-0.4, -0.2) is 52.2 Å². The summed E-state index contributed by atoms with van der Waals surface area (Å²) in [4.78, 5) is 40.3. The Morgan fingerprint density at radius 3 is 2.47 bits per heavy atom. The Morgan fingerprint density at radius 1 is 1.28 bits per heavy atom. The topological polar surface area (TPSA) is 193 Å². The van der Waals surface area contributed by atoms with Gasteiger partial charge in [-0.15, -0.1) is 0 Å². The lowest BCUT2D eigenvalue weighted by Gasteiger charge is -2.23. The third kappa shape index (κ3) is 10.1. The number of guanidine groups is 1. The van der Waals surface area contributed by atoms with Gasteiger partial charge >= 0.3 is 12.1 Å². The molecule has 2 atom stereocenters. The van der Waals surface area contributed by atoms with E-state index in [0.29, 0.717) is 19.4 Å². The van der Waals surface area contributed by atoms with Crippen LogP contribution in [0.2, 0.25) is 0 Å². The highest BCUT2D eigenvalue weighted by molar-refractivity contribution is 5.94. The average molecular weight is 455 g/mol. The van der Waals surface area contributed by atoms with E-state index < -0.39 is 35.7 Å². The minimum absolute atomic E-state index is 0.104. The molecule has 1 rings (SSSR count). The highest BCUT2D eigenvalue weighted by atomic mass is 16.6. The summed E-state index contributed by atoms with van der Waals surface area (Å²) in [6, 6.07) is -1.78. The SMILES string of the molecule is CC(C)CC(NC(=O)OC(C)(C)C)c1nc(C(=O)NC(CCCNC(=N)N)C(=O)O)co1. The summed E-state index contributed by atoms with van der Waals surface area (Å²) in [6.07, 6.45) is 1.46. The van der Waals surface area contributed by atoms with Crippen LogP contribution < -0.4 is 21.7 Å². The van der Waals surface area contributed by atoms with Crippen LogP contribution in [0, 0.1) is 11.3 Å². The number of oxazole rings is 1. The molecule has 1 aromatic rings. The lowest BCUT2D eigenvalue weighted by atomic mass is 10.0. The van der Waals surface area contributed by atoms with Gasteiger partial charge in [-0.25, -0.2) is 14.6 Å². The summed E-state index contributed by atoms with van der Waals surface area (Å²) in [5, 5.41) is 24.1. The van der Waals surface area contributed by atoms with Gasteiger partial charge in [-0.05, 0) is 46.0 Å². The second-order valence-corrected chi connectivity index (χ2v) is 8.75. The number of nitrogens with zero attached hydrogens (tertiary/aromatic N) is 1. The van der Waals surface area contributed by atoms with Crippen LogP contribution in [0.3, 0.4) is 0 Å². The van der Waals surface area contributed by atoms with Gasteiger partial charge in [0.1, 0.15) is 23.9 Å². The molecule has 0 radical (unpaired) electrons. The summed E-state index contributed by atoms with van der Waals surface area (Å²) < 4.78 is 10.7. The monoisotopic (exact) mass is 454 g/mol. The van der Waals surface area contributed by atoms with Gasteiger partial charge in [-0.2, -0.15) is 0 Å². The van der Waals surface area contributed by atoms with Crippen LogP contribution in [0.1, 0.15) is 76.3 Å². The van der Waals surface area contributed by atoms with Crippen molar-refractivity contribution in [1.29, 1.82) is 5.41 Å². The number of nitrogens with two attached hydrogens (primary N) is 1. The Hall–Kier alpha value is -3.31. The molecule has 0 bridgehead atoms. The molecule has 0 aliphatic heterocycles. The van der Waals surface area contributed by atoms with Crippen LogP contribution in [-0.2, 0) is 9.53 Å². The number of aromatic nitrogens is 1. The van der Waals surface area contributed by atoms with Crippen molar-refractivity contribution in [2.45, 2.75) is 71.6 Å². The zero-order valence-electron chi connectivity index (χ0n) is 19.2. The van der Waals surface area contributed by atoms with Crippen molar-refractivity contribution in [3.8, 4) is 0 Å². The maximum Gasteiger partial charge on any atom is 0.408 e. The molecule has 12 heteroatoms. The first-order chi connectivity index (χ1) is 14.8. The van der Waals surface area contributed by atoms with Crippen molar-refractivity contribution in [3.63, 3.8) is 0 Å². The molecule has 12 nitrogen and oxygen atoms in total. The number of aliphatic carboxylic acids is 1. The van der Waals surface area contributed by atoms with Crippen molar-refractivity contribution in [2.75, 3.05) is 6.54 Å². The molecule has 2 amide bonds. The molecular weight excluding hydrogens is 420 g/mol. The van der Waals surface area contributed by atoms with E-state index in [9.17, 15) is 19.5 Å². The number of carboxylic acid groups (broad SMARTS) is 1. The molecule has 1 heterocycles. The molecule has 0 aromatic carbocycles. The van der Waals surface area contributed by atoms with Crippen LogP contribution in [0.15, 0.2) is 10.7 Å². The normalized spacial score (nSPS) is 13.2. The molecular formula is C20H34N6O6. The van der Waals surface area contributed by atoms with Gasteiger partial charge in [-0.1, -0.05) is 13.8 Å². The Labute approximate surface area is 187 Å². The molecule has 0 spiro atoms. The highest BCUT2D eigenvalue weighted by Gasteiger charge is 2.27. The molecule has 32 heavy (non-hydrogen) atoms. The first kappa shape index (κ1) is 26.7. The Morgan fingerprint density at radius 2 is 1.94 bits per heavy atom. The lowest BCUT2D eigenvalue weighted by Crippen LogP contribution is -2.41. The van der Waals surface area contributed by atoms with Crippen LogP contribution in [0.4, 0.5) is 4.79 Å². The van der Waals surface area contributed by atoms with Crippen LogP contribution >= 0.6 is 0 Å². The molecule has 0 aliphatic carbocycles. The number of ether oxygens (including phenoxy) is 1. The number of amides is 2. The zero-order chi connectivity index (χ0) is 24.5. The summed E-state index contributed by atoms with van der Waals surface area (Å²) in [5.74, 6) is -1.83. The predicted molar refractivity (Wildman–Crippen MR) is 116 cm³/mol. The second kappa shape index (κ2) is 11.9. The third-order valence-electron chi connectivity index (χ3n) is 4.04.